The molecule has 150 valence electrons. The number of fused-ring (bicyclic) bond motifs is 2. The molecule has 0 fully saturated rings. The smallest absolute Gasteiger partial charge is 0.253 e. The third-order valence-corrected chi connectivity index (χ3v) is 5.26. The van der Waals surface area contributed by atoms with Gasteiger partial charge in [0, 0.05) is 30.1 Å². The molecule has 7 nitrogen and oxygen atoms in total. The van der Waals surface area contributed by atoms with E-state index in [-0.39, 0.29) is 12.4 Å². The third kappa shape index (κ3) is 3.97. The van der Waals surface area contributed by atoms with Crippen molar-refractivity contribution >= 4 is 28.2 Å². The molecule has 1 aliphatic rings. The Hall–Kier alpha value is -3.26. The molecule has 3 aromatic rings. The molecule has 0 spiro atoms. The van der Waals surface area contributed by atoms with Crippen molar-refractivity contribution in [1.29, 1.82) is 0 Å². The molecule has 2 heterocycles. The van der Waals surface area contributed by atoms with Gasteiger partial charge in [-0.2, -0.15) is 0 Å². The van der Waals surface area contributed by atoms with Crippen LogP contribution in [0.3, 0.4) is 0 Å². The van der Waals surface area contributed by atoms with Gasteiger partial charge in [0.2, 0.25) is 6.79 Å². The molecule has 29 heavy (non-hydrogen) atoms. The van der Waals surface area contributed by atoms with Gasteiger partial charge in [0.25, 0.3) is 5.56 Å². The van der Waals surface area contributed by atoms with Gasteiger partial charge in [-0.3, -0.25) is 4.79 Å². The number of hydrogen-bond acceptors (Lipinski definition) is 5. The van der Waals surface area contributed by atoms with Crippen LogP contribution in [0, 0.1) is 0 Å². The second kappa shape index (κ2) is 8.00. The number of H-pyrrole nitrogens is 1. The number of aromatic nitrogens is 1. The van der Waals surface area contributed by atoms with Gasteiger partial charge in [-0.15, -0.1) is 0 Å². The molecule has 0 radical (unpaired) electrons. The third-order valence-electron chi connectivity index (χ3n) is 4.80. The highest BCUT2D eigenvalue weighted by molar-refractivity contribution is 7.80. The van der Waals surface area contributed by atoms with Crippen molar-refractivity contribution in [3.63, 3.8) is 0 Å². The van der Waals surface area contributed by atoms with Crippen molar-refractivity contribution < 1.29 is 14.2 Å². The van der Waals surface area contributed by atoms with Crippen LogP contribution in [0.2, 0.25) is 0 Å². The lowest BCUT2D eigenvalue weighted by Crippen LogP contribution is -2.38. The van der Waals surface area contributed by atoms with Crippen LogP contribution in [-0.2, 0) is 13.1 Å². The molecule has 0 saturated heterocycles. The molecule has 1 aliphatic heterocycles. The lowest BCUT2D eigenvalue weighted by Gasteiger charge is -2.25. The number of hydrogen-bond donors (Lipinski definition) is 2. The van der Waals surface area contributed by atoms with E-state index in [0.717, 1.165) is 28.0 Å². The fraction of sp³-hybridized carbons (Fsp3) is 0.238. The normalized spacial score (nSPS) is 12.1. The summed E-state index contributed by atoms with van der Waals surface area (Å²) in [5.74, 6) is 2.18. The Labute approximate surface area is 173 Å². The maximum absolute atomic E-state index is 12.6. The van der Waals surface area contributed by atoms with Crippen molar-refractivity contribution in [2.24, 2.45) is 0 Å². The summed E-state index contributed by atoms with van der Waals surface area (Å²) in [4.78, 5) is 17.5. The molecule has 0 unspecified atom stereocenters. The van der Waals surface area contributed by atoms with Crippen molar-refractivity contribution in [3.05, 3.63) is 63.9 Å². The van der Waals surface area contributed by atoms with Crippen LogP contribution in [0.4, 0.5) is 0 Å². The Balaban J connectivity index is 1.63. The van der Waals surface area contributed by atoms with E-state index in [0.29, 0.717) is 29.5 Å². The van der Waals surface area contributed by atoms with Gasteiger partial charge in [-0.05, 0) is 54.2 Å². The monoisotopic (exact) mass is 411 g/mol. The van der Waals surface area contributed by atoms with Crippen LogP contribution in [0.25, 0.3) is 10.9 Å². The van der Waals surface area contributed by atoms with Gasteiger partial charge in [0.05, 0.1) is 13.7 Å². The van der Waals surface area contributed by atoms with Crippen LogP contribution in [0.5, 0.6) is 17.2 Å². The molecule has 4 rings (SSSR count). The maximum Gasteiger partial charge on any atom is 0.253 e. The summed E-state index contributed by atoms with van der Waals surface area (Å²) in [5.41, 5.74) is 2.24. The molecule has 2 N–H and O–H groups in total. The molecular formula is C21H21N3O4S. The van der Waals surface area contributed by atoms with Crippen molar-refractivity contribution in [1.82, 2.24) is 15.2 Å². The number of pyridine rings is 1. The average Bonchev–Trinajstić information content (AvgIpc) is 3.20. The van der Waals surface area contributed by atoms with Gasteiger partial charge in [0.1, 0.15) is 5.75 Å². The molecule has 0 bridgehead atoms. The van der Waals surface area contributed by atoms with Crippen LogP contribution < -0.4 is 25.1 Å². The Bertz CT molecular complexity index is 1130. The van der Waals surface area contributed by atoms with Gasteiger partial charge < -0.3 is 29.4 Å². The minimum Gasteiger partial charge on any atom is -0.497 e. The Morgan fingerprint density at radius 2 is 2.00 bits per heavy atom. The van der Waals surface area contributed by atoms with E-state index in [1.165, 1.54) is 0 Å². The summed E-state index contributed by atoms with van der Waals surface area (Å²) >= 11 is 5.48. The lowest BCUT2D eigenvalue weighted by molar-refractivity contribution is 0.174. The largest absolute Gasteiger partial charge is 0.497 e. The first-order valence-corrected chi connectivity index (χ1v) is 9.53. The zero-order valence-electron chi connectivity index (χ0n) is 16.2. The topological polar surface area (TPSA) is 75.8 Å². The molecule has 2 aromatic carbocycles. The number of ether oxygens (including phenoxy) is 3. The lowest BCUT2D eigenvalue weighted by atomic mass is 10.1. The minimum atomic E-state index is -0.141. The summed E-state index contributed by atoms with van der Waals surface area (Å²) in [5, 5.41) is 4.45. The number of benzene rings is 2. The highest BCUT2D eigenvalue weighted by Crippen LogP contribution is 2.33. The molecule has 0 aliphatic carbocycles. The van der Waals surface area contributed by atoms with E-state index >= 15 is 0 Å². The highest BCUT2D eigenvalue weighted by Gasteiger charge is 2.17. The van der Waals surface area contributed by atoms with E-state index in [9.17, 15) is 4.79 Å². The standard InChI is InChI=1S/C21H21N3O4S/c1-22-21(29)24(10-13-3-6-18-19(7-13)28-12-27-18)11-15-8-14-9-16(26-2)4-5-17(14)23-20(15)25/h3-9H,10-12H2,1-2H3,(H,22,29)(H,23,25). The molecule has 0 atom stereocenters. The van der Waals surface area contributed by atoms with E-state index in [2.05, 4.69) is 10.3 Å². The fourth-order valence-electron chi connectivity index (χ4n) is 3.30. The first kappa shape index (κ1) is 19.1. The Morgan fingerprint density at radius 1 is 1.17 bits per heavy atom. The van der Waals surface area contributed by atoms with E-state index in [1.54, 1.807) is 14.2 Å². The van der Waals surface area contributed by atoms with Gasteiger partial charge in [0.15, 0.2) is 16.6 Å². The van der Waals surface area contributed by atoms with Crippen LogP contribution in [0.15, 0.2) is 47.3 Å². The predicted molar refractivity (Wildman–Crippen MR) is 115 cm³/mol. The van der Waals surface area contributed by atoms with Gasteiger partial charge in [-0.1, -0.05) is 6.07 Å². The van der Waals surface area contributed by atoms with Crippen LogP contribution >= 0.6 is 12.2 Å². The predicted octanol–water partition coefficient (Wildman–Crippen LogP) is 2.77. The van der Waals surface area contributed by atoms with Crippen molar-refractivity contribution in [2.75, 3.05) is 21.0 Å². The van der Waals surface area contributed by atoms with Crippen LogP contribution in [0.1, 0.15) is 11.1 Å². The van der Waals surface area contributed by atoms with E-state index in [4.69, 9.17) is 26.4 Å². The first-order valence-electron chi connectivity index (χ1n) is 9.12. The zero-order chi connectivity index (χ0) is 20.4. The summed E-state index contributed by atoms with van der Waals surface area (Å²) in [6.45, 7) is 1.11. The number of nitrogens with one attached hydrogen (secondary N) is 2. The Kier molecular flexibility index (Phi) is 5.26. The summed E-state index contributed by atoms with van der Waals surface area (Å²) < 4.78 is 16.1. The number of methoxy groups -OCH3 is 1. The van der Waals surface area contributed by atoms with Gasteiger partial charge >= 0.3 is 0 Å². The van der Waals surface area contributed by atoms with E-state index < -0.39 is 0 Å². The number of nitrogens with zero attached hydrogens (tertiary/aromatic N) is 1. The summed E-state index contributed by atoms with van der Waals surface area (Å²) in [6.07, 6.45) is 0. The van der Waals surface area contributed by atoms with Gasteiger partial charge in [-0.25, -0.2) is 0 Å². The number of rotatable bonds is 5. The summed E-state index contributed by atoms with van der Waals surface area (Å²) in [6, 6.07) is 13.2. The molecule has 1 aromatic heterocycles. The maximum atomic E-state index is 12.6. The average molecular weight is 411 g/mol. The quantitative estimate of drug-likeness (QED) is 0.625. The molecule has 8 heteroatoms. The second-order valence-corrected chi connectivity index (χ2v) is 7.06. The number of aromatic amines is 1. The molecular weight excluding hydrogens is 390 g/mol. The fourth-order valence-corrected chi connectivity index (χ4v) is 3.43. The van der Waals surface area contributed by atoms with Crippen LogP contribution in [-0.4, -0.2) is 35.9 Å². The van der Waals surface area contributed by atoms with Crippen molar-refractivity contribution in [3.8, 4) is 17.2 Å². The summed E-state index contributed by atoms with van der Waals surface area (Å²) in [7, 11) is 3.39. The van der Waals surface area contributed by atoms with E-state index in [1.807, 2.05) is 47.4 Å². The SMILES string of the molecule is CNC(=S)N(Cc1ccc2c(c1)OCO2)Cc1cc2cc(OC)ccc2[nH]c1=O. The van der Waals surface area contributed by atoms with Crippen molar-refractivity contribution in [2.45, 2.75) is 13.1 Å². The molecule has 0 saturated carbocycles. The first-order chi connectivity index (χ1) is 14.1. The minimum absolute atomic E-state index is 0.141. The zero-order valence-corrected chi connectivity index (χ0v) is 17.0. The number of thiocarbonyl (C=S) groups is 1. The highest BCUT2D eigenvalue weighted by atomic mass is 32.1. The second-order valence-electron chi connectivity index (χ2n) is 6.68. The molecule has 0 amide bonds. The Morgan fingerprint density at radius 3 is 2.79 bits per heavy atom.